The molecule has 0 saturated carbocycles. The molecule has 0 saturated heterocycles. The highest BCUT2D eigenvalue weighted by atomic mass is 16.5. The molecule has 0 spiro atoms. The summed E-state index contributed by atoms with van der Waals surface area (Å²) in [5.74, 6) is 1.27. The van der Waals surface area contributed by atoms with Crippen LogP contribution in [0.25, 0.3) is 0 Å². The van der Waals surface area contributed by atoms with Gasteiger partial charge >= 0.3 is 0 Å². The topological polar surface area (TPSA) is 68.4 Å². The molecule has 2 aromatic rings. The molecule has 2 aromatic heterocycles. The molecular weight excluding hydrogens is 220 g/mol. The molecule has 0 aliphatic rings. The number of methoxy groups -OCH3 is 1. The molecule has 0 fully saturated rings. The van der Waals surface area contributed by atoms with E-state index in [1.165, 1.54) is 6.33 Å². The molecule has 0 aliphatic heterocycles. The minimum absolute atomic E-state index is 0.401. The number of furan rings is 1. The maximum absolute atomic E-state index is 9.99. The zero-order valence-electron chi connectivity index (χ0n) is 9.75. The molecular formula is C12H14N2O3. The van der Waals surface area contributed by atoms with Crippen molar-refractivity contribution in [2.75, 3.05) is 7.11 Å². The van der Waals surface area contributed by atoms with Crippen molar-refractivity contribution < 1.29 is 14.3 Å². The zero-order chi connectivity index (χ0) is 12.3. The highest BCUT2D eigenvalue weighted by Crippen LogP contribution is 2.20. The summed E-state index contributed by atoms with van der Waals surface area (Å²) in [5, 5.41) is 9.99. The third kappa shape index (κ3) is 2.82. The monoisotopic (exact) mass is 234 g/mol. The van der Waals surface area contributed by atoms with E-state index in [4.69, 9.17) is 9.15 Å². The Bertz CT molecular complexity index is 496. The molecule has 0 aromatic carbocycles. The first-order valence-electron chi connectivity index (χ1n) is 5.27. The molecule has 5 heteroatoms. The SMILES string of the molecule is COc1cc(CC(O)c2coc(C)c2)ncn1. The van der Waals surface area contributed by atoms with Crippen LogP contribution in [-0.2, 0) is 6.42 Å². The summed E-state index contributed by atoms with van der Waals surface area (Å²) in [6.07, 6.45) is 2.74. The molecule has 2 heterocycles. The van der Waals surface area contributed by atoms with E-state index >= 15 is 0 Å². The Hall–Kier alpha value is -1.88. The largest absolute Gasteiger partial charge is 0.481 e. The first-order chi connectivity index (χ1) is 8.19. The first-order valence-corrected chi connectivity index (χ1v) is 5.27. The van der Waals surface area contributed by atoms with Gasteiger partial charge in [-0.05, 0) is 13.0 Å². The summed E-state index contributed by atoms with van der Waals surface area (Å²) in [6, 6.07) is 3.51. The van der Waals surface area contributed by atoms with Crippen LogP contribution >= 0.6 is 0 Å². The Morgan fingerprint density at radius 2 is 2.24 bits per heavy atom. The van der Waals surface area contributed by atoms with Gasteiger partial charge in [-0.15, -0.1) is 0 Å². The third-order valence-corrected chi connectivity index (χ3v) is 2.45. The molecule has 1 atom stereocenters. The van der Waals surface area contributed by atoms with Crippen LogP contribution < -0.4 is 4.74 Å². The molecule has 17 heavy (non-hydrogen) atoms. The van der Waals surface area contributed by atoms with Crippen molar-refractivity contribution in [2.45, 2.75) is 19.4 Å². The van der Waals surface area contributed by atoms with E-state index in [2.05, 4.69) is 9.97 Å². The van der Waals surface area contributed by atoms with Gasteiger partial charge in [-0.3, -0.25) is 0 Å². The van der Waals surface area contributed by atoms with E-state index in [1.54, 1.807) is 19.4 Å². The van der Waals surface area contributed by atoms with E-state index in [0.29, 0.717) is 12.3 Å². The number of aromatic nitrogens is 2. The van der Waals surface area contributed by atoms with Gasteiger partial charge in [0.15, 0.2) is 0 Å². The highest BCUT2D eigenvalue weighted by Gasteiger charge is 2.12. The second kappa shape index (κ2) is 4.97. The number of aryl methyl sites for hydroxylation is 1. The van der Waals surface area contributed by atoms with Gasteiger partial charge in [-0.2, -0.15) is 0 Å². The molecule has 1 N–H and O–H groups in total. The summed E-state index contributed by atoms with van der Waals surface area (Å²) < 4.78 is 10.1. The molecule has 0 amide bonds. The fraction of sp³-hybridized carbons (Fsp3) is 0.333. The van der Waals surface area contributed by atoms with Gasteiger partial charge in [0.1, 0.15) is 12.1 Å². The Kier molecular flexibility index (Phi) is 3.39. The van der Waals surface area contributed by atoms with Crippen molar-refractivity contribution in [3.8, 4) is 5.88 Å². The van der Waals surface area contributed by atoms with Gasteiger partial charge in [0.05, 0.1) is 25.2 Å². The molecule has 1 unspecified atom stereocenters. The van der Waals surface area contributed by atoms with Crippen molar-refractivity contribution in [1.82, 2.24) is 9.97 Å². The van der Waals surface area contributed by atoms with Gasteiger partial charge in [0, 0.05) is 18.1 Å². The second-order valence-corrected chi connectivity index (χ2v) is 3.76. The van der Waals surface area contributed by atoms with E-state index in [9.17, 15) is 5.11 Å². The number of nitrogens with zero attached hydrogens (tertiary/aromatic N) is 2. The van der Waals surface area contributed by atoms with E-state index < -0.39 is 6.10 Å². The van der Waals surface area contributed by atoms with Gasteiger partial charge in [-0.1, -0.05) is 0 Å². The van der Waals surface area contributed by atoms with Crippen molar-refractivity contribution in [3.05, 3.63) is 41.7 Å². The standard InChI is InChI=1S/C12H14N2O3/c1-8-3-9(6-17-8)11(15)4-10-5-12(16-2)14-7-13-10/h3,5-7,11,15H,4H2,1-2H3. The number of ether oxygens (including phenoxy) is 1. The van der Waals surface area contributed by atoms with Crippen LogP contribution in [0.4, 0.5) is 0 Å². The maximum Gasteiger partial charge on any atom is 0.216 e. The smallest absolute Gasteiger partial charge is 0.216 e. The maximum atomic E-state index is 9.99. The van der Waals surface area contributed by atoms with Gasteiger partial charge in [0.25, 0.3) is 0 Å². The second-order valence-electron chi connectivity index (χ2n) is 3.76. The summed E-state index contributed by atoms with van der Waals surface area (Å²) in [5.41, 5.74) is 1.48. The lowest BCUT2D eigenvalue weighted by molar-refractivity contribution is 0.176. The van der Waals surface area contributed by atoms with Gasteiger partial charge < -0.3 is 14.3 Å². The lowest BCUT2D eigenvalue weighted by atomic mass is 10.1. The van der Waals surface area contributed by atoms with Gasteiger partial charge in [0.2, 0.25) is 5.88 Å². The minimum Gasteiger partial charge on any atom is -0.481 e. The van der Waals surface area contributed by atoms with E-state index in [0.717, 1.165) is 17.0 Å². The van der Waals surface area contributed by atoms with Crippen LogP contribution in [0.1, 0.15) is 23.1 Å². The Labute approximate surface area is 99.1 Å². The Morgan fingerprint density at radius 3 is 2.88 bits per heavy atom. The number of rotatable bonds is 4. The minimum atomic E-state index is -0.632. The Morgan fingerprint density at radius 1 is 1.41 bits per heavy atom. The fourth-order valence-electron chi connectivity index (χ4n) is 1.55. The molecule has 0 aliphatic carbocycles. The van der Waals surface area contributed by atoms with Crippen molar-refractivity contribution in [2.24, 2.45) is 0 Å². The summed E-state index contributed by atoms with van der Waals surface area (Å²) >= 11 is 0. The number of aliphatic hydroxyl groups is 1. The van der Waals surface area contributed by atoms with Crippen LogP contribution in [-0.4, -0.2) is 22.2 Å². The van der Waals surface area contributed by atoms with Crippen LogP contribution in [0.15, 0.2) is 29.1 Å². The summed E-state index contributed by atoms with van der Waals surface area (Å²) in [4.78, 5) is 7.99. The number of hydrogen-bond donors (Lipinski definition) is 1. The van der Waals surface area contributed by atoms with Crippen LogP contribution in [0.5, 0.6) is 5.88 Å². The van der Waals surface area contributed by atoms with Gasteiger partial charge in [-0.25, -0.2) is 9.97 Å². The molecule has 2 rings (SSSR count). The lowest BCUT2D eigenvalue weighted by Gasteiger charge is -2.07. The zero-order valence-corrected chi connectivity index (χ0v) is 9.75. The van der Waals surface area contributed by atoms with Crippen LogP contribution in [0.2, 0.25) is 0 Å². The van der Waals surface area contributed by atoms with Crippen molar-refractivity contribution in [1.29, 1.82) is 0 Å². The Balaban J connectivity index is 2.09. The summed E-state index contributed by atoms with van der Waals surface area (Å²) in [7, 11) is 1.54. The lowest BCUT2D eigenvalue weighted by Crippen LogP contribution is -2.03. The molecule has 5 nitrogen and oxygen atoms in total. The van der Waals surface area contributed by atoms with Crippen molar-refractivity contribution >= 4 is 0 Å². The third-order valence-electron chi connectivity index (χ3n) is 2.45. The summed E-state index contributed by atoms with van der Waals surface area (Å²) in [6.45, 7) is 1.84. The fourth-order valence-corrected chi connectivity index (χ4v) is 1.55. The average molecular weight is 234 g/mol. The quantitative estimate of drug-likeness (QED) is 0.871. The average Bonchev–Trinajstić information content (AvgIpc) is 2.76. The van der Waals surface area contributed by atoms with Crippen molar-refractivity contribution in [3.63, 3.8) is 0 Å². The van der Waals surface area contributed by atoms with E-state index in [-0.39, 0.29) is 0 Å². The predicted molar refractivity (Wildman–Crippen MR) is 60.7 cm³/mol. The number of aliphatic hydroxyl groups excluding tert-OH is 1. The number of hydrogen-bond acceptors (Lipinski definition) is 5. The van der Waals surface area contributed by atoms with Crippen LogP contribution in [0, 0.1) is 6.92 Å². The molecule has 0 bridgehead atoms. The molecule has 0 radical (unpaired) electrons. The normalized spacial score (nSPS) is 12.4. The van der Waals surface area contributed by atoms with Crippen LogP contribution in [0.3, 0.4) is 0 Å². The van der Waals surface area contributed by atoms with E-state index in [1.807, 2.05) is 13.0 Å². The molecule has 90 valence electrons. The highest BCUT2D eigenvalue weighted by molar-refractivity contribution is 5.19. The predicted octanol–water partition coefficient (Wildman–Crippen LogP) is 1.66. The first kappa shape index (κ1) is 11.6.